The lowest BCUT2D eigenvalue weighted by molar-refractivity contribution is -0.135. The van der Waals surface area contributed by atoms with Crippen LogP contribution in [0.15, 0.2) is 30.3 Å². The van der Waals surface area contributed by atoms with Crippen molar-refractivity contribution in [1.82, 2.24) is 15.1 Å². The highest BCUT2D eigenvalue weighted by Crippen LogP contribution is 2.18. The zero-order valence-corrected chi connectivity index (χ0v) is 13.2. The normalized spacial score (nSPS) is 19.7. The van der Waals surface area contributed by atoms with Gasteiger partial charge in [0.1, 0.15) is 6.61 Å². The van der Waals surface area contributed by atoms with Crippen LogP contribution in [0, 0.1) is 0 Å². The van der Waals surface area contributed by atoms with Gasteiger partial charge in [0.25, 0.3) is 0 Å². The van der Waals surface area contributed by atoms with E-state index in [2.05, 4.69) is 5.32 Å². The van der Waals surface area contributed by atoms with E-state index in [4.69, 9.17) is 4.74 Å². The van der Waals surface area contributed by atoms with Crippen LogP contribution in [0.2, 0.25) is 0 Å². The first kappa shape index (κ1) is 15.8. The van der Waals surface area contributed by atoms with Crippen LogP contribution in [0.3, 0.4) is 0 Å². The van der Waals surface area contributed by atoms with Gasteiger partial charge in [-0.1, -0.05) is 30.3 Å². The van der Waals surface area contributed by atoms with Gasteiger partial charge in [0.2, 0.25) is 5.91 Å². The molecular weight excluding hydrogens is 294 g/mol. The fourth-order valence-electron chi connectivity index (χ4n) is 3.18. The zero-order chi connectivity index (χ0) is 16.1. The molecule has 3 rings (SSSR count). The van der Waals surface area contributed by atoms with Crippen LogP contribution in [0.4, 0.5) is 4.79 Å². The predicted molar refractivity (Wildman–Crippen MR) is 85.8 cm³/mol. The molecule has 0 aromatic heterocycles. The Morgan fingerprint density at radius 1 is 1.17 bits per heavy atom. The number of nitrogens with one attached hydrogen (secondary N) is 1. The molecule has 6 heteroatoms. The van der Waals surface area contributed by atoms with E-state index in [1.807, 2.05) is 35.2 Å². The lowest BCUT2D eigenvalue weighted by Crippen LogP contribution is -2.55. The Labute approximate surface area is 136 Å². The molecule has 0 saturated carbocycles. The largest absolute Gasteiger partial charge is 0.445 e. The summed E-state index contributed by atoms with van der Waals surface area (Å²) in [6.45, 7) is 3.65. The molecular formula is C17H23N3O3. The maximum absolute atomic E-state index is 12.1. The van der Waals surface area contributed by atoms with E-state index in [0.29, 0.717) is 26.2 Å². The van der Waals surface area contributed by atoms with Gasteiger partial charge in [-0.3, -0.25) is 4.79 Å². The van der Waals surface area contributed by atoms with Gasteiger partial charge in [-0.15, -0.1) is 0 Å². The highest BCUT2D eigenvalue weighted by molar-refractivity contribution is 5.79. The summed E-state index contributed by atoms with van der Waals surface area (Å²) in [7, 11) is 0. The maximum Gasteiger partial charge on any atom is 0.410 e. The summed E-state index contributed by atoms with van der Waals surface area (Å²) in [4.78, 5) is 27.8. The summed E-state index contributed by atoms with van der Waals surface area (Å²) in [5.41, 5.74) is 0.988. The van der Waals surface area contributed by atoms with Gasteiger partial charge in [-0.2, -0.15) is 0 Å². The van der Waals surface area contributed by atoms with Crippen LogP contribution >= 0.6 is 0 Å². The maximum atomic E-state index is 12.1. The number of benzene rings is 1. The highest BCUT2D eigenvalue weighted by Gasteiger charge is 2.31. The van der Waals surface area contributed by atoms with E-state index >= 15 is 0 Å². The van der Waals surface area contributed by atoms with Crippen LogP contribution in [-0.4, -0.2) is 60.6 Å². The first-order valence-corrected chi connectivity index (χ1v) is 8.20. The van der Waals surface area contributed by atoms with Crippen LogP contribution in [0.25, 0.3) is 0 Å². The fourth-order valence-corrected chi connectivity index (χ4v) is 3.18. The van der Waals surface area contributed by atoms with E-state index in [-0.39, 0.29) is 18.0 Å². The van der Waals surface area contributed by atoms with Crippen molar-refractivity contribution in [3.8, 4) is 0 Å². The van der Waals surface area contributed by atoms with Crippen molar-refractivity contribution in [2.24, 2.45) is 0 Å². The molecule has 6 nitrogen and oxygen atoms in total. The number of ether oxygens (including phenoxy) is 1. The van der Waals surface area contributed by atoms with Crippen molar-refractivity contribution < 1.29 is 14.3 Å². The number of likely N-dealkylation sites (tertiary alicyclic amines) is 1. The van der Waals surface area contributed by atoms with Crippen LogP contribution in [-0.2, 0) is 16.1 Å². The predicted octanol–water partition coefficient (Wildman–Crippen LogP) is 1.22. The number of nitrogens with zero attached hydrogens (tertiary/aromatic N) is 2. The molecule has 2 heterocycles. The summed E-state index contributed by atoms with van der Waals surface area (Å²) in [5, 5.41) is 3.09. The summed E-state index contributed by atoms with van der Waals surface area (Å²) < 4.78 is 5.37. The van der Waals surface area contributed by atoms with Crippen molar-refractivity contribution >= 4 is 12.0 Å². The minimum absolute atomic E-state index is 0.168. The summed E-state index contributed by atoms with van der Waals surface area (Å²) in [6.07, 6.45) is 1.39. The van der Waals surface area contributed by atoms with E-state index in [1.54, 1.807) is 4.90 Å². The Kier molecular flexibility index (Phi) is 5.12. The lowest BCUT2D eigenvalue weighted by Gasteiger charge is -2.39. The Bertz CT molecular complexity index is 541. The quantitative estimate of drug-likeness (QED) is 0.910. The van der Waals surface area contributed by atoms with Gasteiger partial charge in [0.05, 0.1) is 6.54 Å². The smallest absolute Gasteiger partial charge is 0.410 e. The summed E-state index contributed by atoms with van der Waals surface area (Å²) in [6, 6.07) is 9.93. The molecule has 1 N–H and O–H groups in total. The van der Waals surface area contributed by atoms with Gasteiger partial charge >= 0.3 is 6.09 Å². The van der Waals surface area contributed by atoms with Crippen molar-refractivity contribution in [2.75, 3.05) is 32.7 Å². The second kappa shape index (κ2) is 7.46. The van der Waals surface area contributed by atoms with Gasteiger partial charge in [0.15, 0.2) is 0 Å². The first-order valence-electron chi connectivity index (χ1n) is 8.20. The molecule has 1 aromatic carbocycles. The molecule has 2 aliphatic heterocycles. The Morgan fingerprint density at radius 2 is 1.91 bits per heavy atom. The number of piperidine rings is 1. The fraction of sp³-hybridized carbons (Fsp3) is 0.529. The number of piperazine rings is 1. The van der Waals surface area contributed by atoms with E-state index < -0.39 is 0 Å². The van der Waals surface area contributed by atoms with E-state index in [1.165, 1.54) is 0 Å². The highest BCUT2D eigenvalue weighted by atomic mass is 16.6. The molecule has 0 aliphatic carbocycles. The number of hydrogen-bond acceptors (Lipinski definition) is 4. The lowest BCUT2D eigenvalue weighted by atomic mass is 10.0. The van der Waals surface area contributed by atoms with Gasteiger partial charge < -0.3 is 19.9 Å². The van der Waals surface area contributed by atoms with Crippen LogP contribution in [0.5, 0.6) is 0 Å². The average Bonchev–Trinajstić information content (AvgIpc) is 2.61. The Hall–Kier alpha value is -2.08. The average molecular weight is 317 g/mol. The molecule has 0 unspecified atom stereocenters. The zero-order valence-electron chi connectivity index (χ0n) is 13.2. The third-order valence-electron chi connectivity index (χ3n) is 4.49. The first-order chi connectivity index (χ1) is 11.2. The summed E-state index contributed by atoms with van der Waals surface area (Å²) in [5.74, 6) is 0.168. The van der Waals surface area contributed by atoms with Crippen LogP contribution in [0.1, 0.15) is 18.4 Å². The minimum Gasteiger partial charge on any atom is -0.445 e. The molecule has 0 atom stereocenters. The Morgan fingerprint density at radius 3 is 2.61 bits per heavy atom. The van der Waals surface area contributed by atoms with E-state index in [9.17, 15) is 9.59 Å². The minimum atomic E-state index is -0.265. The topological polar surface area (TPSA) is 61.9 Å². The number of carbonyl (C=O) groups is 2. The third-order valence-corrected chi connectivity index (χ3v) is 4.49. The van der Waals surface area contributed by atoms with Gasteiger partial charge in [-0.25, -0.2) is 4.79 Å². The number of hydrogen-bond donors (Lipinski definition) is 1. The number of carbonyl (C=O) groups excluding carboxylic acids is 2. The SMILES string of the molecule is O=C(OCc1ccccc1)N1CCC(N2CCNCC2=O)CC1. The molecule has 2 amide bonds. The number of rotatable bonds is 3. The second-order valence-electron chi connectivity index (χ2n) is 6.02. The third kappa shape index (κ3) is 4.01. The summed E-state index contributed by atoms with van der Waals surface area (Å²) >= 11 is 0. The molecule has 23 heavy (non-hydrogen) atoms. The standard InChI is InChI=1S/C17H23N3O3/c21-16-12-18-8-11-20(16)15-6-9-19(10-7-15)17(22)23-13-14-4-2-1-3-5-14/h1-5,15,18H,6-13H2. The van der Waals surface area contributed by atoms with Gasteiger partial charge in [-0.05, 0) is 18.4 Å². The van der Waals surface area contributed by atoms with Crippen molar-refractivity contribution in [3.05, 3.63) is 35.9 Å². The Balaban J connectivity index is 1.45. The monoisotopic (exact) mass is 317 g/mol. The molecule has 124 valence electrons. The molecule has 0 bridgehead atoms. The van der Waals surface area contributed by atoms with Gasteiger partial charge in [0, 0.05) is 32.2 Å². The van der Waals surface area contributed by atoms with E-state index in [0.717, 1.165) is 31.5 Å². The number of amides is 2. The van der Waals surface area contributed by atoms with Crippen molar-refractivity contribution in [2.45, 2.75) is 25.5 Å². The molecule has 2 saturated heterocycles. The van der Waals surface area contributed by atoms with Crippen LogP contribution < -0.4 is 5.32 Å². The molecule has 0 spiro atoms. The second-order valence-corrected chi connectivity index (χ2v) is 6.02. The molecule has 0 radical (unpaired) electrons. The van der Waals surface area contributed by atoms with Crippen molar-refractivity contribution in [1.29, 1.82) is 0 Å². The molecule has 2 fully saturated rings. The van der Waals surface area contributed by atoms with Crippen molar-refractivity contribution in [3.63, 3.8) is 0 Å². The molecule has 2 aliphatic rings. The molecule has 1 aromatic rings.